The summed E-state index contributed by atoms with van der Waals surface area (Å²) in [7, 11) is -4.37. The summed E-state index contributed by atoms with van der Waals surface area (Å²) in [6.07, 6.45) is 4.35. The lowest BCUT2D eigenvalue weighted by atomic mass is 10.0. The number of allylic oxidation sites excluding steroid dienone is 1. The average molecular weight is 816 g/mol. The monoisotopic (exact) mass is 815 g/mol. The lowest BCUT2D eigenvalue weighted by Crippen LogP contribution is -2.58. The number of benzene rings is 2. The molecule has 17 heteroatoms. The fourth-order valence-corrected chi connectivity index (χ4v) is 8.44. The predicted octanol–water partition coefficient (Wildman–Crippen LogP) is 5.08. The van der Waals surface area contributed by atoms with Gasteiger partial charge in [0.1, 0.15) is 35.1 Å². The van der Waals surface area contributed by atoms with Crippen molar-refractivity contribution in [3.05, 3.63) is 76.6 Å². The van der Waals surface area contributed by atoms with Gasteiger partial charge in [0.25, 0.3) is 15.9 Å². The first kappa shape index (κ1) is 40.9. The van der Waals surface area contributed by atoms with E-state index in [9.17, 15) is 36.8 Å². The Kier molecular flexibility index (Phi) is 12.0. The molecule has 2 fully saturated rings. The maximum absolute atomic E-state index is 14.5. The third-order valence-electron chi connectivity index (χ3n) is 11.0. The number of halogens is 2. The molecule has 56 heavy (non-hydrogen) atoms. The number of rotatable bonds is 7. The standard InChI is InChI=1S/C39H47ClFN5O9S/c1-4-38(2,3)55-36(50)42-31-14-9-7-5-6-8-12-25-20-39(25,35(49)44-56(52,53)28-17-15-26(40)16-18-28)43-33(47)32-19-27(22-46(32)34(31)48)54-37(51)45-21-24-11-10-13-30(41)29(24)23-45/h8,10-13,15-18,25,27,31-32H,4-7,9,14,19-23H2,1-3H3,(H,42,50)(H,43,47)(H,44,49)/b12-8-/t25-,27+,31-,32-,39+/m0/s1. The molecule has 5 atom stereocenters. The lowest BCUT2D eigenvalue weighted by Gasteiger charge is -2.30. The smallest absolute Gasteiger partial charge is 0.410 e. The molecule has 3 heterocycles. The molecule has 4 aliphatic rings. The van der Waals surface area contributed by atoms with Crippen LogP contribution in [0.5, 0.6) is 0 Å². The van der Waals surface area contributed by atoms with Gasteiger partial charge in [-0.05, 0) is 81.8 Å². The first-order chi connectivity index (χ1) is 26.5. The Morgan fingerprint density at radius 1 is 1.07 bits per heavy atom. The minimum atomic E-state index is -4.37. The van der Waals surface area contributed by atoms with Crippen LogP contribution in [0.3, 0.4) is 0 Å². The van der Waals surface area contributed by atoms with Crippen LogP contribution < -0.4 is 15.4 Å². The van der Waals surface area contributed by atoms with Crippen molar-refractivity contribution in [3.8, 4) is 0 Å². The van der Waals surface area contributed by atoms with Crippen molar-refractivity contribution in [2.24, 2.45) is 5.92 Å². The molecule has 0 spiro atoms. The van der Waals surface area contributed by atoms with Crippen LogP contribution in [0.15, 0.2) is 59.5 Å². The van der Waals surface area contributed by atoms with E-state index in [1.54, 1.807) is 32.1 Å². The Labute approximate surface area is 330 Å². The van der Waals surface area contributed by atoms with Gasteiger partial charge in [0, 0.05) is 29.5 Å². The third-order valence-corrected chi connectivity index (χ3v) is 12.6. The number of nitrogens with zero attached hydrogens (tertiary/aromatic N) is 2. The summed E-state index contributed by atoms with van der Waals surface area (Å²) in [5.74, 6) is -3.35. The molecule has 5 amide bonds. The van der Waals surface area contributed by atoms with Gasteiger partial charge in [-0.15, -0.1) is 0 Å². The molecule has 1 saturated heterocycles. The van der Waals surface area contributed by atoms with Crippen molar-refractivity contribution < 1.29 is 46.3 Å². The largest absolute Gasteiger partial charge is 0.444 e. The average Bonchev–Trinajstić information content (AvgIpc) is 3.43. The Bertz CT molecular complexity index is 2010. The van der Waals surface area contributed by atoms with Gasteiger partial charge < -0.3 is 25.0 Å². The second kappa shape index (κ2) is 16.4. The van der Waals surface area contributed by atoms with Gasteiger partial charge in [-0.1, -0.05) is 55.7 Å². The zero-order valence-electron chi connectivity index (χ0n) is 31.5. The van der Waals surface area contributed by atoms with Crippen molar-refractivity contribution in [2.75, 3.05) is 6.54 Å². The van der Waals surface area contributed by atoms with Crippen LogP contribution >= 0.6 is 11.6 Å². The van der Waals surface area contributed by atoms with E-state index in [1.165, 1.54) is 40.1 Å². The molecular weight excluding hydrogens is 769 g/mol. The summed E-state index contributed by atoms with van der Waals surface area (Å²) < 4.78 is 54.5. The maximum Gasteiger partial charge on any atom is 0.410 e. The molecule has 14 nitrogen and oxygen atoms in total. The Morgan fingerprint density at radius 2 is 1.82 bits per heavy atom. The summed E-state index contributed by atoms with van der Waals surface area (Å²) in [5, 5.41) is 5.76. The van der Waals surface area contributed by atoms with Gasteiger partial charge in [-0.3, -0.25) is 19.3 Å². The third kappa shape index (κ3) is 9.12. The second-order valence-corrected chi connectivity index (χ2v) is 17.5. The van der Waals surface area contributed by atoms with Gasteiger partial charge in [-0.2, -0.15) is 0 Å². The second-order valence-electron chi connectivity index (χ2n) is 15.4. The summed E-state index contributed by atoms with van der Waals surface area (Å²) >= 11 is 5.93. The van der Waals surface area contributed by atoms with Crippen molar-refractivity contribution in [2.45, 2.75) is 119 Å². The minimum absolute atomic E-state index is 0.0200. The van der Waals surface area contributed by atoms with E-state index in [0.29, 0.717) is 41.8 Å². The van der Waals surface area contributed by atoms with Crippen LogP contribution in [0, 0.1) is 11.7 Å². The van der Waals surface area contributed by atoms with Crippen LogP contribution in [-0.4, -0.2) is 84.0 Å². The first-order valence-corrected chi connectivity index (χ1v) is 20.7. The highest BCUT2D eigenvalue weighted by Crippen LogP contribution is 2.46. The predicted molar refractivity (Wildman–Crippen MR) is 202 cm³/mol. The summed E-state index contributed by atoms with van der Waals surface area (Å²) in [6, 6.07) is 7.43. The number of sulfonamides is 1. The van der Waals surface area contributed by atoms with Crippen molar-refractivity contribution in [3.63, 3.8) is 0 Å². The Morgan fingerprint density at radius 3 is 2.54 bits per heavy atom. The van der Waals surface area contributed by atoms with Crippen molar-refractivity contribution >= 4 is 51.5 Å². The molecule has 302 valence electrons. The molecule has 6 rings (SSSR count). The quantitative estimate of drug-likeness (QED) is 0.321. The number of fused-ring (bicyclic) bond motifs is 3. The van der Waals surface area contributed by atoms with E-state index in [1.807, 2.05) is 13.0 Å². The number of hydrogen-bond donors (Lipinski definition) is 3. The SMILES string of the molecule is CCC(C)(C)OC(=O)N[C@H]1CCCCC/C=C\[C@H]2C[C@@]2(C(=O)NS(=O)(=O)c2ccc(Cl)cc2)NC(=O)[C@@H]2C[C@@H](OC(=O)N3Cc4cccc(F)c4C3)CN2C1=O. The van der Waals surface area contributed by atoms with Crippen LogP contribution in [0.2, 0.25) is 5.02 Å². The van der Waals surface area contributed by atoms with Crippen LogP contribution in [-0.2, 0) is 47.0 Å². The number of amides is 5. The normalized spacial score (nSPS) is 26.0. The van der Waals surface area contributed by atoms with E-state index in [4.69, 9.17) is 21.1 Å². The maximum atomic E-state index is 14.5. The number of nitrogens with one attached hydrogen (secondary N) is 3. The molecule has 2 aromatic carbocycles. The lowest BCUT2D eigenvalue weighted by molar-refractivity contribution is -0.141. The number of carbonyl (C=O) groups is 5. The molecule has 0 unspecified atom stereocenters. The molecule has 0 bridgehead atoms. The van der Waals surface area contributed by atoms with Crippen molar-refractivity contribution in [1.82, 2.24) is 25.2 Å². The first-order valence-electron chi connectivity index (χ1n) is 18.8. The summed E-state index contributed by atoms with van der Waals surface area (Å²) in [6.45, 7) is 5.20. The highest BCUT2D eigenvalue weighted by molar-refractivity contribution is 7.90. The molecule has 3 aliphatic heterocycles. The highest BCUT2D eigenvalue weighted by atomic mass is 35.5. The number of hydrogen-bond acceptors (Lipinski definition) is 9. The van der Waals surface area contributed by atoms with E-state index in [2.05, 4.69) is 15.4 Å². The van der Waals surface area contributed by atoms with Crippen molar-refractivity contribution in [1.29, 1.82) is 0 Å². The number of carbonyl (C=O) groups excluding carboxylic acids is 5. The summed E-state index contributed by atoms with van der Waals surface area (Å²) in [4.78, 5) is 71.5. The van der Waals surface area contributed by atoms with E-state index >= 15 is 0 Å². The van der Waals surface area contributed by atoms with Gasteiger partial charge in [0.05, 0.1) is 18.0 Å². The van der Waals surface area contributed by atoms with Gasteiger partial charge in [-0.25, -0.2) is 27.1 Å². The fourth-order valence-electron chi connectivity index (χ4n) is 7.27. The number of alkyl carbamates (subject to hydrolysis) is 1. The minimum Gasteiger partial charge on any atom is -0.444 e. The molecule has 1 saturated carbocycles. The van der Waals surface area contributed by atoms with Crippen LogP contribution in [0.25, 0.3) is 0 Å². The zero-order chi connectivity index (χ0) is 40.4. The molecule has 2 aromatic rings. The van der Waals surface area contributed by atoms with E-state index in [-0.39, 0.29) is 43.8 Å². The fraction of sp³-hybridized carbons (Fsp3) is 0.513. The molecule has 0 radical (unpaired) electrons. The zero-order valence-corrected chi connectivity index (χ0v) is 33.1. The summed E-state index contributed by atoms with van der Waals surface area (Å²) in [5.41, 5.74) is -1.48. The van der Waals surface area contributed by atoms with Gasteiger partial charge in [0.2, 0.25) is 11.8 Å². The van der Waals surface area contributed by atoms with E-state index < -0.39 is 81.0 Å². The number of ether oxygens (including phenoxy) is 2. The molecular formula is C39H47ClFN5O9S. The van der Waals surface area contributed by atoms with Crippen LogP contribution in [0.1, 0.15) is 83.3 Å². The van der Waals surface area contributed by atoms with Gasteiger partial charge >= 0.3 is 12.2 Å². The highest BCUT2D eigenvalue weighted by Gasteiger charge is 2.61. The molecule has 1 aliphatic carbocycles. The van der Waals surface area contributed by atoms with E-state index in [0.717, 1.165) is 6.42 Å². The van der Waals surface area contributed by atoms with Crippen LogP contribution in [0.4, 0.5) is 14.0 Å². The Hall–Kier alpha value is -4.70. The van der Waals surface area contributed by atoms with Gasteiger partial charge in [0.15, 0.2) is 0 Å². The molecule has 3 N–H and O–H groups in total. The molecule has 0 aromatic heterocycles. The Balaban J connectivity index is 1.27. The topological polar surface area (TPSA) is 181 Å².